The molecule has 0 aliphatic heterocycles. The first-order valence-electron chi connectivity index (χ1n) is 4.50. The summed E-state index contributed by atoms with van der Waals surface area (Å²) in [5, 5.41) is 0.654. The molecule has 1 heteroatoms. The van der Waals surface area contributed by atoms with Gasteiger partial charge in [0.15, 0.2) is 0 Å². The van der Waals surface area contributed by atoms with Gasteiger partial charge in [0.1, 0.15) is 0 Å². The van der Waals surface area contributed by atoms with Gasteiger partial charge in [-0.2, -0.15) is 0 Å². The molecule has 2 rings (SSSR count). The number of benzene rings is 2. The highest BCUT2D eigenvalue weighted by atomic mass is 35.5. The quantitative estimate of drug-likeness (QED) is 0.651. The van der Waals surface area contributed by atoms with Crippen LogP contribution in [-0.4, -0.2) is 0 Å². The van der Waals surface area contributed by atoms with Crippen LogP contribution < -0.4 is 0 Å². The normalized spacial score (nSPS) is 10.1. The predicted molar refractivity (Wildman–Crippen MR) is 60.5 cm³/mol. The van der Waals surface area contributed by atoms with E-state index in [9.17, 15) is 0 Å². The Hall–Kier alpha value is -1.27. The zero-order valence-electron chi connectivity index (χ0n) is 7.92. The standard InChI is InChI=1S/C13H10Cl/c1-10-2-4-11(5-3-10)12-6-8-13(14)9-7-12/h2-8H,1H3. The highest BCUT2D eigenvalue weighted by Crippen LogP contribution is 2.21. The van der Waals surface area contributed by atoms with Crippen molar-refractivity contribution in [2.24, 2.45) is 0 Å². The summed E-state index contributed by atoms with van der Waals surface area (Å²) in [5.74, 6) is 0. The van der Waals surface area contributed by atoms with Gasteiger partial charge < -0.3 is 0 Å². The second kappa shape index (κ2) is 3.85. The third-order valence-corrected chi connectivity index (χ3v) is 2.39. The van der Waals surface area contributed by atoms with Gasteiger partial charge in [-0.15, -0.1) is 0 Å². The molecule has 0 heterocycles. The number of rotatable bonds is 1. The fourth-order valence-corrected chi connectivity index (χ4v) is 1.45. The third-order valence-electron chi connectivity index (χ3n) is 2.16. The van der Waals surface area contributed by atoms with Crippen LogP contribution in [0.1, 0.15) is 5.56 Å². The van der Waals surface area contributed by atoms with E-state index in [1.165, 1.54) is 11.1 Å². The second-order valence-corrected chi connectivity index (χ2v) is 3.70. The summed E-state index contributed by atoms with van der Waals surface area (Å²) in [4.78, 5) is 0. The summed E-state index contributed by atoms with van der Waals surface area (Å²) in [5.41, 5.74) is 3.62. The Morgan fingerprint density at radius 2 is 1.57 bits per heavy atom. The zero-order valence-corrected chi connectivity index (χ0v) is 8.68. The van der Waals surface area contributed by atoms with Gasteiger partial charge in [-0.3, -0.25) is 0 Å². The Labute approximate surface area is 89.2 Å². The van der Waals surface area contributed by atoms with Crippen molar-refractivity contribution in [1.29, 1.82) is 0 Å². The van der Waals surface area contributed by atoms with Crippen molar-refractivity contribution in [3.8, 4) is 11.1 Å². The van der Waals surface area contributed by atoms with E-state index >= 15 is 0 Å². The van der Waals surface area contributed by atoms with Crippen LogP contribution in [0.4, 0.5) is 0 Å². The van der Waals surface area contributed by atoms with Gasteiger partial charge in [-0.25, -0.2) is 0 Å². The van der Waals surface area contributed by atoms with Gasteiger partial charge in [-0.05, 0) is 30.2 Å². The molecule has 0 atom stereocenters. The zero-order chi connectivity index (χ0) is 9.97. The van der Waals surface area contributed by atoms with Gasteiger partial charge in [0, 0.05) is 11.1 Å². The Balaban J connectivity index is 2.40. The lowest BCUT2D eigenvalue weighted by atomic mass is 10.0. The minimum Gasteiger partial charge on any atom is -0.0837 e. The summed E-state index contributed by atoms with van der Waals surface area (Å²) in [6.45, 7) is 2.08. The van der Waals surface area contributed by atoms with E-state index < -0.39 is 0 Å². The number of aryl methyl sites for hydroxylation is 1. The maximum absolute atomic E-state index is 5.77. The van der Waals surface area contributed by atoms with E-state index in [-0.39, 0.29) is 0 Å². The predicted octanol–water partition coefficient (Wildman–Crippen LogP) is 4.12. The van der Waals surface area contributed by atoms with Crippen molar-refractivity contribution >= 4 is 11.6 Å². The van der Waals surface area contributed by atoms with Crippen LogP contribution in [0.25, 0.3) is 11.1 Å². The minimum absolute atomic E-state index is 0.654. The van der Waals surface area contributed by atoms with Crippen LogP contribution in [0.3, 0.4) is 0 Å². The van der Waals surface area contributed by atoms with Crippen LogP contribution in [0, 0.1) is 13.0 Å². The molecule has 0 fully saturated rings. The summed E-state index contributed by atoms with van der Waals surface area (Å²) < 4.78 is 0. The highest BCUT2D eigenvalue weighted by molar-refractivity contribution is 6.30. The molecular weight excluding hydrogens is 192 g/mol. The Morgan fingerprint density at radius 1 is 0.929 bits per heavy atom. The molecule has 0 saturated carbocycles. The lowest BCUT2D eigenvalue weighted by Crippen LogP contribution is -1.77. The van der Waals surface area contributed by atoms with E-state index in [1.807, 2.05) is 18.2 Å². The van der Waals surface area contributed by atoms with Gasteiger partial charge >= 0.3 is 0 Å². The van der Waals surface area contributed by atoms with E-state index in [4.69, 9.17) is 11.6 Å². The molecule has 0 aliphatic rings. The summed E-state index contributed by atoms with van der Waals surface area (Å²) in [6.07, 6.45) is 0. The molecule has 2 aromatic rings. The second-order valence-electron chi connectivity index (χ2n) is 3.29. The Morgan fingerprint density at radius 3 is 2.14 bits per heavy atom. The lowest BCUT2D eigenvalue weighted by molar-refractivity contribution is 1.47. The molecule has 0 aliphatic carbocycles. The average Bonchev–Trinajstić information content (AvgIpc) is 2.21. The molecule has 0 N–H and O–H groups in total. The van der Waals surface area contributed by atoms with Crippen molar-refractivity contribution in [2.45, 2.75) is 6.92 Å². The van der Waals surface area contributed by atoms with Gasteiger partial charge in [-0.1, -0.05) is 47.5 Å². The maximum atomic E-state index is 5.77. The number of halogens is 1. The topological polar surface area (TPSA) is 0 Å². The summed E-state index contributed by atoms with van der Waals surface area (Å²) in [6, 6.07) is 17.2. The maximum Gasteiger partial charge on any atom is 0.0485 e. The monoisotopic (exact) mass is 201 g/mol. The fourth-order valence-electron chi connectivity index (χ4n) is 1.33. The molecule has 2 aromatic carbocycles. The van der Waals surface area contributed by atoms with Crippen LogP contribution in [0.5, 0.6) is 0 Å². The molecule has 0 spiro atoms. The molecule has 69 valence electrons. The largest absolute Gasteiger partial charge is 0.0837 e. The van der Waals surface area contributed by atoms with Gasteiger partial charge in [0.05, 0.1) is 0 Å². The number of hydrogen-bond acceptors (Lipinski definition) is 0. The van der Waals surface area contributed by atoms with Crippen molar-refractivity contribution < 1.29 is 0 Å². The molecule has 0 aromatic heterocycles. The van der Waals surface area contributed by atoms with Crippen LogP contribution in [0.15, 0.2) is 42.5 Å². The minimum atomic E-state index is 0.654. The lowest BCUT2D eigenvalue weighted by Gasteiger charge is -2.01. The van der Waals surface area contributed by atoms with E-state index in [1.54, 1.807) is 0 Å². The molecule has 14 heavy (non-hydrogen) atoms. The van der Waals surface area contributed by atoms with Crippen molar-refractivity contribution in [3.05, 3.63) is 59.1 Å². The third kappa shape index (κ3) is 1.97. The first-order valence-corrected chi connectivity index (χ1v) is 4.88. The molecule has 0 amide bonds. The van der Waals surface area contributed by atoms with Crippen molar-refractivity contribution in [2.75, 3.05) is 0 Å². The molecule has 1 radical (unpaired) electrons. The van der Waals surface area contributed by atoms with E-state index in [0.29, 0.717) is 5.02 Å². The van der Waals surface area contributed by atoms with Crippen LogP contribution in [-0.2, 0) is 0 Å². The summed E-state index contributed by atoms with van der Waals surface area (Å²) in [7, 11) is 0. The number of hydrogen-bond donors (Lipinski definition) is 0. The van der Waals surface area contributed by atoms with Crippen molar-refractivity contribution in [1.82, 2.24) is 0 Å². The van der Waals surface area contributed by atoms with E-state index in [2.05, 4.69) is 37.3 Å². The molecule has 0 nitrogen and oxygen atoms in total. The van der Waals surface area contributed by atoms with Gasteiger partial charge in [0.25, 0.3) is 0 Å². The fraction of sp³-hybridized carbons (Fsp3) is 0.0769. The smallest absolute Gasteiger partial charge is 0.0485 e. The molecular formula is C13H10Cl. The Kier molecular flexibility index (Phi) is 2.55. The van der Waals surface area contributed by atoms with Gasteiger partial charge in [0.2, 0.25) is 0 Å². The van der Waals surface area contributed by atoms with Crippen molar-refractivity contribution in [3.63, 3.8) is 0 Å². The Bertz CT molecular complexity index is 368. The van der Waals surface area contributed by atoms with E-state index in [0.717, 1.165) is 5.56 Å². The molecule has 0 unspecified atom stereocenters. The SMILES string of the molecule is Cc1ccc(-c2c[c]c(Cl)cc2)cc1. The first kappa shape index (κ1) is 9.29. The van der Waals surface area contributed by atoms with Crippen LogP contribution >= 0.6 is 11.6 Å². The average molecular weight is 202 g/mol. The first-order chi connectivity index (χ1) is 6.75. The highest BCUT2D eigenvalue weighted by Gasteiger charge is 1.96. The summed E-state index contributed by atoms with van der Waals surface area (Å²) >= 11 is 5.77. The van der Waals surface area contributed by atoms with Crippen LogP contribution in [0.2, 0.25) is 5.02 Å². The molecule has 0 saturated heterocycles. The molecule has 0 bridgehead atoms.